The maximum Gasteiger partial charge on any atom is 0.212 e. The maximum atomic E-state index is 12.5. The van der Waals surface area contributed by atoms with Gasteiger partial charge in [-0.2, -0.15) is 0 Å². The van der Waals surface area contributed by atoms with E-state index in [1.54, 1.807) is 24.0 Å². The number of aromatic nitrogens is 2. The lowest BCUT2D eigenvalue weighted by Gasteiger charge is -2.16. The molecule has 0 saturated carbocycles. The van der Waals surface area contributed by atoms with Crippen molar-refractivity contribution in [3.05, 3.63) is 53.1 Å². The first kappa shape index (κ1) is 11.6. The zero-order valence-corrected chi connectivity index (χ0v) is 10.8. The van der Waals surface area contributed by atoms with Crippen LogP contribution in [0.25, 0.3) is 0 Å². The van der Waals surface area contributed by atoms with E-state index in [2.05, 4.69) is 10.1 Å². The number of aryl methyl sites for hydroxylation is 1. The lowest BCUT2D eigenvalue weighted by atomic mass is 9.89. The number of carbonyl (C=O) groups is 1. The van der Waals surface area contributed by atoms with Crippen LogP contribution >= 0.6 is 0 Å². The quantitative estimate of drug-likeness (QED) is 0.655. The lowest BCUT2D eigenvalue weighted by Crippen LogP contribution is -2.23. The van der Waals surface area contributed by atoms with Crippen molar-refractivity contribution in [3.8, 4) is 0 Å². The summed E-state index contributed by atoms with van der Waals surface area (Å²) in [7, 11) is 1.80. The molecule has 3 rings (SSSR count). The average Bonchev–Trinajstić information content (AvgIpc) is 2.81. The topological polar surface area (TPSA) is 56.5 Å². The SMILES string of the molecule is CCO/N=C1/c2ccccc2C(=O)c2c1ncn2C. The summed E-state index contributed by atoms with van der Waals surface area (Å²) in [5.74, 6) is -0.0268. The van der Waals surface area contributed by atoms with E-state index in [1.807, 2.05) is 25.1 Å². The van der Waals surface area contributed by atoms with Crippen LogP contribution < -0.4 is 0 Å². The van der Waals surface area contributed by atoms with Crippen molar-refractivity contribution in [1.29, 1.82) is 0 Å². The third-order valence-electron chi connectivity index (χ3n) is 3.09. The number of hydrogen-bond acceptors (Lipinski definition) is 4. The Bertz CT molecular complexity index is 686. The third-order valence-corrected chi connectivity index (χ3v) is 3.09. The van der Waals surface area contributed by atoms with Gasteiger partial charge in [0, 0.05) is 18.2 Å². The zero-order valence-electron chi connectivity index (χ0n) is 10.8. The second-order valence-corrected chi connectivity index (χ2v) is 4.29. The van der Waals surface area contributed by atoms with Gasteiger partial charge in [-0.15, -0.1) is 0 Å². The number of rotatable bonds is 2. The molecule has 1 aliphatic rings. The Morgan fingerprint density at radius 2 is 2.05 bits per heavy atom. The van der Waals surface area contributed by atoms with Gasteiger partial charge in [-0.1, -0.05) is 29.4 Å². The number of fused-ring (bicyclic) bond motifs is 2. The maximum absolute atomic E-state index is 12.5. The van der Waals surface area contributed by atoms with Crippen LogP contribution in [0.15, 0.2) is 35.7 Å². The molecule has 0 spiro atoms. The van der Waals surface area contributed by atoms with Gasteiger partial charge in [-0.3, -0.25) is 4.79 Å². The van der Waals surface area contributed by atoms with Crippen LogP contribution in [0.2, 0.25) is 0 Å². The van der Waals surface area contributed by atoms with Crippen LogP contribution in [0.3, 0.4) is 0 Å². The molecule has 96 valence electrons. The van der Waals surface area contributed by atoms with Gasteiger partial charge in [-0.25, -0.2) is 4.98 Å². The van der Waals surface area contributed by atoms with Crippen molar-refractivity contribution >= 4 is 11.5 Å². The van der Waals surface area contributed by atoms with Gasteiger partial charge in [0.15, 0.2) is 0 Å². The first-order chi connectivity index (χ1) is 9.24. The number of benzene rings is 1. The molecule has 0 aliphatic heterocycles. The fourth-order valence-corrected chi connectivity index (χ4v) is 2.24. The number of oxime groups is 1. The summed E-state index contributed by atoms with van der Waals surface area (Å²) in [6.45, 7) is 2.34. The summed E-state index contributed by atoms with van der Waals surface area (Å²) in [6, 6.07) is 7.38. The molecule has 19 heavy (non-hydrogen) atoms. The van der Waals surface area contributed by atoms with Gasteiger partial charge in [-0.05, 0) is 6.92 Å². The van der Waals surface area contributed by atoms with E-state index in [1.165, 1.54) is 0 Å². The molecular formula is C14H13N3O2. The van der Waals surface area contributed by atoms with E-state index in [4.69, 9.17) is 4.84 Å². The highest BCUT2D eigenvalue weighted by Crippen LogP contribution is 2.26. The fraction of sp³-hybridized carbons (Fsp3) is 0.214. The Morgan fingerprint density at radius 3 is 2.79 bits per heavy atom. The smallest absolute Gasteiger partial charge is 0.212 e. The first-order valence-corrected chi connectivity index (χ1v) is 6.09. The normalized spacial score (nSPS) is 15.3. The molecule has 0 amide bonds. The van der Waals surface area contributed by atoms with E-state index in [9.17, 15) is 4.79 Å². The molecule has 2 aromatic rings. The standard InChI is InChI=1S/C14H13N3O2/c1-3-19-16-11-9-6-4-5-7-10(9)14(18)13-12(11)15-8-17(13)2/h4-8H,3H2,1-2H3/b16-11-. The van der Waals surface area contributed by atoms with Crippen molar-refractivity contribution in [1.82, 2.24) is 9.55 Å². The van der Waals surface area contributed by atoms with Gasteiger partial charge in [0.25, 0.3) is 0 Å². The summed E-state index contributed by atoms with van der Waals surface area (Å²) in [5, 5.41) is 4.12. The highest BCUT2D eigenvalue weighted by molar-refractivity contribution is 6.28. The van der Waals surface area contributed by atoms with E-state index in [0.29, 0.717) is 29.3 Å². The highest BCUT2D eigenvalue weighted by Gasteiger charge is 2.32. The minimum absolute atomic E-state index is 0.0268. The molecule has 0 bridgehead atoms. The van der Waals surface area contributed by atoms with E-state index in [0.717, 1.165) is 5.56 Å². The minimum Gasteiger partial charge on any atom is -0.396 e. The van der Waals surface area contributed by atoms with Crippen LogP contribution in [0.4, 0.5) is 0 Å². The molecule has 0 fully saturated rings. The average molecular weight is 255 g/mol. The van der Waals surface area contributed by atoms with E-state index in [-0.39, 0.29) is 5.78 Å². The molecule has 1 heterocycles. The molecule has 0 atom stereocenters. The summed E-state index contributed by atoms with van der Waals surface area (Å²) in [4.78, 5) is 21.9. The molecule has 5 heteroatoms. The summed E-state index contributed by atoms with van der Waals surface area (Å²) >= 11 is 0. The Labute approximate surface area is 110 Å². The Hall–Kier alpha value is -2.43. The molecule has 0 radical (unpaired) electrons. The monoisotopic (exact) mass is 255 g/mol. The number of imidazole rings is 1. The van der Waals surface area contributed by atoms with Gasteiger partial charge in [0.2, 0.25) is 5.78 Å². The van der Waals surface area contributed by atoms with Gasteiger partial charge in [0.1, 0.15) is 23.7 Å². The van der Waals surface area contributed by atoms with Crippen LogP contribution in [0.5, 0.6) is 0 Å². The van der Waals surface area contributed by atoms with Crippen LogP contribution in [0, 0.1) is 0 Å². The third kappa shape index (κ3) is 1.66. The number of ketones is 1. The molecule has 0 unspecified atom stereocenters. The van der Waals surface area contributed by atoms with Crippen LogP contribution in [-0.4, -0.2) is 27.7 Å². The van der Waals surface area contributed by atoms with E-state index < -0.39 is 0 Å². The first-order valence-electron chi connectivity index (χ1n) is 6.09. The van der Waals surface area contributed by atoms with Crippen molar-refractivity contribution in [2.45, 2.75) is 6.92 Å². The zero-order chi connectivity index (χ0) is 13.4. The van der Waals surface area contributed by atoms with E-state index >= 15 is 0 Å². The Kier molecular flexibility index (Phi) is 2.67. The molecule has 5 nitrogen and oxygen atoms in total. The van der Waals surface area contributed by atoms with Crippen molar-refractivity contribution in [2.75, 3.05) is 6.61 Å². The van der Waals surface area contributed by atoms with Crippen molar-refractivity contribution in [3.63, 3.8) is 0 Å². The molecule has 1 aromatic carbocycles. The highest BCUT2D eigenvalue weighted by atomic mass is 16.6. The number of hydrogen-bond donors (Lipinski definition) is 0. The summed E-state index contributed by atoms with van der Waals surface area (Å²) in [6.07, 6.45) is 1.62. The predicted octanol–water partition coefficient (Wildman–Crippen LogP) is 1.75. The molecular weight excluding hydrogens is 242 g/mol. The molecule has 1 aromatic heterocycles. The Morgan fingerprint density at radius 1 is 1.32 bits per heavy atom. The molecule has 0 saturated heterocycles. The van der Waals surface area contributed by atoms with Gasteiger partial charge < -0.3 is 9.40 Å². The van der Waals surface area contributed by atoms with Crippen molar-refractivity contribution in [2.24, 2.45) is 12.2 Å². The fourth-order valence-electron chi connectivity index (χ4n) is 2.24. The molecule has 1 aliphatic carbocycles. The summed E-state index contributed by atoms with van der Waals surface area (Å²) < 4.78 is 1.72. The second kappa shape index (κ2) is 4.35. The second-order valence-electron chi connectivity index (χ2n) is 4.29. The van der Waals surface area contributed by atoms with Crippen molar-refractivity contribution < 1.29 is 9.63 Å². The minimum atomic E-state index is -0.0268. The number of carbonyl (C=O) groups excluding carboxylic acids is 1. The Balaban J connectivity index is 2.27. The molecule has 0 N–H and O–H groups in total. The lowest BCUT2D eigenvalue weighted by molar-refractivity contribution is 0.102. The predicted molar refractivity (Wildman–Crippen MR) is 70.3 cm³/mol. The summed E-state index contributed by atoms with van der Waals surface area (Å²) in [5.41, 5.74) is 3.16. The van der Waals surface area contributed by atoms with Crippen LogP contribution in [-0.2, 0) is 11.9 Å². The van der Waals surface area contributed by atoms with Gasteiger partial charge >= 0.3 is 0 Å². The van der Waals surface area contributed by atoms with Gasteiger partial charge in [0.05, 0.1) is 6.33 Å². The largest absolute Gasteiger partial charge is 0.396 e. The van der Waals surface area contributed by atoms with Crippen LogP contribution in [0.1, 0.15) is 34.2 Å². The number of nitrogens with zero attached hydrogens (tertiary/aromatic N) is 3.